The number of ether oxygens (including phenoxy) is 3. The van der Waals surface area contributed by atoms with Gasteiger partial charge in [0.05, 0.1) is 25.9 Å². The van der Waals surface area contributed by atoms with Crippen LogP contribution in [0.2, 0.25) is 5.02 Å². The molecule has 0 amide bonds. The first-order valence-electron chi connectivity index (χ1n) is 9.05. The first kappa shape index (κ1) is 21.8. The van der Waals surface area contributed by atoms with Crippen molar-refractivity contribution in [1.29, 1.82) is 5.26 Å². The van der Waals surface area contributed by atoms with Gasteiger partial charge in [0.2, 0.25) is 0 Å². The summed E-state index contributed by atoms with van der Waals surface area (Å²) in [7, 11) is 3.13. The minimum absolute atomic E-state index is 0.397. The van der Waals surface area contributed by atoms with Gasteiger partial charge >= 0.3 is 0 Å². The molecule has 0 saturated carbocycles. The number of halogens is 2. The number of nitrogens with zero attached hydrogens (tertiary/aromatic N) is 1. The SMILES string of the molecule is COc1ccc(/C(C#N)=C/c2cc(Cl)ccc2OCc2ccc(Br)cc2)cc1OC. The van der Waals surface area contributed by atoms with E-state index in [1.807, 2.05) is 30.3 Å². The average molecular weight is 485 g/mol. The number of methoxy groups -OCH3 is 2. The molecular formula is C24H19BrClNO3. The summed E-state index contributed by atoms with van der Waals surface area (Å²) in [5, 5.41) is 10.3. The number of benzene rings is 3. The summed E-state index contributed by atoms with van der Waals surface area (Å²) in [4.78, 5) is 0. The van der Waals surface area contributed by atoms with Crippen molar-refractivity contribution in [1.82, 2.24) is 0 Å². The van der Waals surface area contributed by atoms with E-state index in [-0.39, 0.29) is 0 Å². The fourth-order valence-corrected chi connectivity index (χ4v) is 3.29. The van der Waals surface area contributed by atoms with Gasteiger partial charge in [0.15, 0.2) is 11.5 Å². The summed E-state index contributed by atoms with van der Waals surface area (Å²) in [5.74, 6) is 1.78. The topological polar surface area (TPSA) is 51.5 Å². The van der Waals surface area contributed by atoms with Crippen LogP contribution in [0, 0.1) is 11.3 Å². The summed E-state index contributed by atoms with van der Waals surface area (Å²) in [6.07, 6.45) is 1.75. The molecule has 30 heavy (non-hydrogen) atoms. The highest BCUT2D eigenvalue weighted by Gasteiger charge is 2.10. The number of rotatable bonds is 7. The van der Waals surface area contributed by atoms with E-state index in [1.165, 1.54) is 0 Å². The van der Waals surface area contributed by atoms with E-state index in [9.17, 15) is 5.26 Å². The Labute approximate surface area is 189 Å². The Hall–Kier alpha value is -2.94. The molecule has 0 radical (unpaired) electrons. The van der Waals surface area contributed by atoms with Gasteiger partial charge in [-0.3, -0.25) is 0 Å². The number of hydrogen-bond acceptors (Lipinski definition) is 4. The van der Waals surface area contributed by atoms with E-state index in [1.54, 1.807) is 50.6 Å². The maximum atomic E-state index is 9.76. The molecule has 0 bridgehead atoms. The Morgan fingerprint density at radius 1 is 0.967 bits per heavy atom. The Morgan fingerprint density at radius 3 is 2.33 bits per heavy atom. The normalized spacial score (nSPS) is 11.0. The Kier molecular flexibility index (Phi) is 7.40. The van der Waals surface area contributed by atoms with Gasteiger partial charge < -0.3 is 14.2 Å². The summed E-state index contributed by atoms with van der Waals surface area (Å²) >= 11 is 9.63. The predicted octanol–water partition coefficient (Wildman–Crippen LogP) is 6.76. The minimum Gasteiger partial charge on any atom is -0.493 e. The van der Waals surface area contributed by atoms with Crippen LogP contribution in [-0.2, 0) is 6.61 Å². The van der Waals surface area contributed by atoms with Crippen LogP contribution < -0.4 is 14.2 Å². The number of nitriles is 1. The second-order valence-corrected chi connectivity index (χ2v) is 7.69. The molecule has 3 aromatic carbocycles. The third kappa shape index (κ3) is 5.35. The molecule has 0 aromatic heterocycles. The summed E-state index contributed by atoms with van der Waals surface area (Å²) in [6, 6.07) is 20.8. The average Bonchev–Trinajstić information content (AvgIpc) is 2.77. The van der Waals surface area contributed by atoms with Gasteiger partial charge in [-0.15, -0.1) is 0 Å². The highest BCUT2D eigenvalue weighted by Crippen LogP contribution is 2.33. The molecule has 0 N–H and O–H groups in total. The van der Waals surface area contributed by atoms with Gasteiger partial charge in [0.25, 0.3) is 0 Å². The first-order chi connectivity index (χ1) is 14.5. The highest BCUT2D eigenvalue weighted by molar-refractivity contribution is 9.10. The molecule has 6 heteroatoms. The Balaban J connectivity index is 1.93. The van der Waals surface area contributed by atoms with Crippen LogP contribution in [-0.4, -0.2) is 14.2 Å². The van der Waals surface area contributed by atoms with Crippen molar-refractivity contribution in [2.75, 3.05) is 14.2 Å². The van der Waals surface area contributed by atoms with Crippen LogP contribution in [0.15, 0.2) is 65.1 Å². The van der Waals surface area contributed by atoms with Crippen molar-refractivity contribution in [3.63, 3.8) is 0 Å². The molecule has 152 valence electrons. The predicted molar refractivity (Wildman–Crippen MR) is 123 cm³/mol. The smallest absolute Gasteiger partial charge is 0.161 e. The molecule has 0 fully saturated rings. The van der Waals surface area contributed by atoms with E-state index in [4.69, 9.17) is 25.8 Å². The molecule has 0 atom stereocenters. The van der Waals surface area contributed by atoms with Gasteiger partial charge in [0.1, 0.15) is 12.4 Å². The second kappa shape index (κ2) is 10.2. The molecule has 0 aliphatic heterocycles. The molecule has 0 unspecified atom stereocenters. The Morgan fingerprint density at radius 2 is 1.67 bits per heavy atom. The van der Waals surface area contributed by atoms with Crippen molar-refractivity contribution < 1.29 is 14.2 Å². The van der Waals surface area contributed by atoms with Crippen LogP contribution >= 0.6 is 27.5 Å². The zero-order chi connectivity index (χ0) is 21.5. The fraction of sp³-hybridized carbons (Fsp3) is 0.125. The summed E-state index contributed by atoms with van der Waals surface area (Å²) in [5.41, 5.74) is 2.90. The quantitative estimate of drug-likeness (QED) is 0.274. The minimum atomic E-state index is 0.397. The third-order valence-electron chi connectivity index (χ3n) is 4.39. The number of hydrogen-bond donors (Lipinski definition) is 0. The standard InChI is InChI=1S/C24H19BrClNO3/c1-28-23-9-5-17(13-24(23)29-2)19(14-27)11-18-12-21(26)8-10-22(18)30-15-16-3-6-20(25)7-4-16/h3-13H,15H2,1-2H3/b19-11+. The molecule has 0 aliphatic rings. The lowest BCUT2D eigenvalue weighted by Crippen LogP contribution is -1.97. The molecule has 3 aromatic rings. The van der Waals surface area contributed by atoms with Crippen molar-refractivity contribution in [3.05, 3.63) is 86.8 Å². The van der Waals surface area contributed by atoms with Gasteiger partial charge in [-0.1, -0.05) is 39.7 Å². The van der Waals surface area contributed by atoms with E-state index in [0.29, 0.717) is 45.6 Å². The second-order valence-electron chi connectivity index (χ2n) is 6.34. The van der Waals surface area contributed by atoms with Crippen LogP contribution in [0.3, 0.4) is 0 Å². The van der Waals surface area contributed by atoms with Crippen LogP contribution in [0.25, 0.3) is 11.6 Å². The third-order valence-corrected chi connectivity index (χ3v) is 5.16. The van der Waals surface area contributed by atoms with Crippen LogP contribution in [0.5, 0.6) is 17.2 Å². The maximum absolute atomic E-state index is 9.76. The van der Waals surface area contributed by atoms with E-state index < -0.39 is 0 Å². The number of allylic oxidation sites excluding steroid dienone is 1. The van der Waals surface area contributed by atoms with E-state index >= 15 is 0 Å². The van der Waals surface area contributed by atoms with Crippen molar-refractivity contribution >= 4 is 39.2 Å². The zero-order valence-corrected chi connectivity index (χ0v) is 18.8. The van der Waals surface area contributed by atoms with E-state index in [0.717, 1.165) is 10.0 Å². The molecule has 0 saturated heterocycles. The molecule has 0 spiro atoms. The van der Waals surface area contributed by atoms with Crippen molar-refractivity contribution in [2.45, 2.75) is 6.61 Å². The molecule has 0 aliphatic carbocycles. The largest absolute Gasteiger partial charge is 0.493 e. The van der Waals surface area contributed by atoms with Crippen molar-refractivity contribution in [3.8, 4) is 23.3 Å². The molecule has 4 nitrogen and oxygen atoms in total. The lowest BCUT2D eigenvalue weighted by Gasteiger charge is -2.12. The lowest BCUT2D eigenvalue weighted by atomic mass is 10.0. The van der Waals surface area contributed by atoms with E-state index in [2.05, 4.69) is 22.0 Å². The van der Waals surface area contributed by atoms with Gasteiger partial charge in [-0.25, -0.2) is 0 Å². The summed E-state index contributed by atoms with van der Waals surface area (Å²) < 4.78 is 17.6. The van der Waals surface area contributed by atoms with Gasteiger partial charge in [-0.2, -0.15) is 5.26 Å². The van der Waals surface area contributed by atoms with Gasteiger partial charge in [0, 0.05) is 15.1 Å². The first-order valence-corrected chi connectivity index (χ1v) is 10.2. The highest BCUT2D eigenvalue weighted by atomic mass is 79.9. The van der Waals surface area contributed by atoms with Crippen LogP contribution in [0.1, 0.15) is 16.7 Å². The summed E-state index contributed by atoms with van der Waals surface area (Å²) in [6.45, 7) is 0.397. The monoisotopic (exact) mass is 483 g/mol. The fourth-order valence-electron chi connectivity index (χ4n) is 2.84. The zero-order valence-electron chi connectivity index (χ0n) is 16.5. The molecule has 0 heterocycles. The van der Waals surface area contributed by atoms with Crippen molar-refractivity contribution in [2.24, 2.45) is 0 Å². The van der Waals surface area contributed by atoms with Gasteiger partial charge in [-0.05, 0) is 65.7 Å². The van der Waals surface area contributed by atoms with Crippen LogP contribution in [0.4, 0.5) is 0 Å². The maximum Gasteiger partial charge on any atom is 0.161 e. The lowest BCUT2D eigenvalue weighted by molar-refractivity contribution is 0.305. The molecule has 3 rings (SSSR count). The molecular weight excluding hydrogens is 466 g/mol. The Bertz CT molecular complexity index is 1100.